The molecule has 1 atom stereocenters. The van der Waals surface area contributed by atoms with Gasteiger partial charge in [0.2, 0.25) is 5.91 Å². The van der Waals surface area contributed by atoms with E-state index in [2.05, 4.69) is 24.1 Å². The molecule has 1 aliphatic heterocycles. The minimum absolute atomic E-state index is 0.175. The highest BCUT2D eigenvalue weighted by molar-refractivity contribution is 5.89. The first kappa shape index (κ1) is 11.9. The third-order valence-corrected chi connectivity index (χ3v) is 4.08. The van der Waals surface area contributed by atoms with Gasteiger partial charge >= 0.3 is 0 Å². The Kier molecular flexibility index (Phi) is 3.53. The highest BCUT2D eigenvalue weighted by Gasteiger charge is 2.50. The van der Waals surface area contributed by atoms with E-state index >= 15 is 0 Å². The lowest BCUT2D eigenvalue weighted by Gasteiger charge is -2.22. The van der Waals surface area contributed by atoms with Crippen LogP contribution < -0.4 is 5.32 Å². The van der Waals surface area contributed by atoms with E-state index in [-0.39, 0.29) is 11.7 Å². The van der Waals surface area contributed by atoms with Gasteiger partial charge in [-0.15, -0.1) is 0 Å². The minimum atomic E-state index is -0.175. The van der Waals surface area contributed by atoms with Crippen LogP contribution in [0.5, 0.6) is 0 Å². The molecule has 0 aromatic carbocycles. The number of carbonyl (C=O) groups excluding carboxylic acids is 1. The van der Waals surface area contributed by atoms with Crippen LogP contribution in [0.25, 0.3) is 0 Å². The highest BCUT2D eigenvalue weighted by Crippen LogP contribution is 2.36. The number of hydrogen-bond acceptors (Lipinski definition) is 2. The van der Waals surface area contributed by atoms with Crippen LogP contribution >= 0.6 is 0 Å². The molecule has 2 aliphatic rings. The summed E-state index contributed by atoms with van der Waals surface area (Å²) in [4.78, 5) is 14.5. The monoisotopic (exact) mass is 224 g/mol. The number of nitrogens with zero attached hydrogens (tertiary/aromatic N) is 1. The molecular weight excluding hydrogens is 200 g/mol. The highest BCUT2D eigenvalue weighted by atomic mass is 16.2. The normalized spacial score (nSPS) is 28.2. The Morgan fingerprint density at radius 1 is 1.38 bits per heavy atom. The molecule has 0 aromatic heterocycles. The fourth-order valence-corrected chi connectivity index (χ4v) is 3.15. The lowest BCUT2D eigenvalue weighted by molar-refractivity contribution is -0.133. The van der Waals surface area contributed by atoms with E-state index in [1.165, 1.54) is 25.7 Å². The van der Waals surface area contributed by atoms with Gasteiger partial charge in [0.05, 0.1) is 11.7 Å². The van der Waals surface area contributed by atoms with Crippen LogP contribution in [0.15, 0.2) is 0 Å². The Labute approximate surface area is 98.6 Å². The molecule has 92 valence electrons. The summed E-state index contributed by atoms with van der Waals surface area (Å²) in [5.41, 5.74) is -0.175. The first-order valence-electron chi connectivity index (χ1n) is 6.78. The van der Waals surface area contributed by atoms with Crippen LogP contribution in [0.3, 0.4) is 0 Å². The van der Waals surface area contributed by atoms with Crippen molar-refractivity contribution in [2.45, 2.75) is 70.5 Å². The van der Waals surface area contributed by atoms with Crippen LogP contribution in [0.4, 0.5) is 0 Å². The second-order valence-electron chi connectivity index (χ2n) is 5.32. The first-order chi connectivity index (χ1) is 7.69. The first-order valence-corrected chi connectivity index (χ1v) is 6.78. The van der Waals surface area contributed by atoms with Gasteiger partial charge in [-0.3, -0.25) is 10.1 Å². The summed E-state index contributed by atoms with van der Waals surface area (Å²) in [6, 6.07) is 0. The smallest absolute Gasteiger partial charge is 0.244 e. The molecule has 2 fully saturated rings. The van der Waals surface area contributed by atoms with E-state index in [0.29, 0.717) is 5.91 Å². The predicted molar refractivity (Wildman–Crippen MR) is 65.0 cm³/mol. The van der Waals surface area contributed by atoms with Crippen LogP contribution in [-0.2, 0) is 4.79 Å². The van der Waals surface area contributed by atoms with Crippen molar-refractivity contribution in [3.63, 3.8) is 0 Å². The molecule has 1 unspecified atom stereocenters. The van der Waals surface area contributed by atoms with Gasteiger partial charge in [0, 0.05) is 6.54 Å². The summed E-state index contributed by atoms with van der Waals surface area (Å²) >= 11 is 0. The molecule has 1 heterocycles. The molecule has 1 saturated carbocycles. The number of amides is 1. The van der Waals surface area contributed by atoms with Gasteiger partial charge in [0.1, 0.15) is 0 Å². The Bertz CT molecular complexity index is 259. The third-order valence-electron chi connectivity index (χ3n) is 4.08. The average molecular weight is 224 g/mol. The molecule has 3 nitrogen and oxygen atoms in total. The number of unbranched alkanes of at least 4 members (excludes halogenated alkanes) is 2. The number of carbonyl (C=O) groups is 1. The van der Waals surface area contributed by atoms with Crippen molar-refractivity contribution in [2.75, 3.05) is 6.54 Å². The van der Waals surface area contributed by atoms with Gasteiger partial charge in [-0.1, -0.05) is 32.6 Å². The largest absolute Gasteiger partial charge is 0.326 e. The zero-order valence-electron chi connectivity index (χ0n) is 10.6. The number of rotatable bonds is 4. The summed E-state index contributed by atoms with van der Waals surface area (Å²) in [7, 11) is 0. The van der Waals surface area contributed by atoms with Gasteiger partial charge in [0.15, 0.2) is 0 Å². The second-order valence-corrected chi connectivity index (χ2v) is 5.32. The van der Waals surface area contributed by atoms with Crippen LogP contribution in [0.1, 0.15) is 58.8 Å². The van der Waals surface area contributed by atoms with E-state index < -0.39 is 0 Å². The third kappa shape index (κ3) is 1.97. The molecule has 1 saturated heterocycles. The topological polar surface area (TPSA) is 32.3 Å². The second kappa shape index (κ2) is 4.74. The van der Waals surface area contributed by atoms with E-state index in [1.807, 2.05) is 0 Å². The molecule has 3 heteroatoms. The quantitative estimate of drug-likeness (QED) is 0.743. The van der Waals surface area contributed by atoms with E-state index in [9.17, 15) is 4.79 Å². The number of hydrogen-bond donors (Lipinski definition) is 1. The SMILES string of the molecule is CCCCCN1C(=O)C2(CCCC2)NC1C. The Morgan fingerprint density at radius 2 is 2.06 bits per heavy atom. The van der Waals surface area contributed by atoms with Crippen LogP contribution in [-0.4, -0.2) is 29.1 Å². The maximum absolute atomic E-state index is 12.4. The van der Waals surface area contributed by atoms with Gasteiger partial charge in [0.25, 0.3) is 0 Å². The van der Waals surface area contributed by atoms with Gasteiger partial charge in [-0.25, -0.2) is 0 Å². The summed E-state index contributed by atoms with van der Waals surface area (Å²) in [5, 5.41) is 3.53. The molecule has 1 amide bonds. The molecule has 0 bridgehead atoms. The van der Waals surface area contributed by atoms with Gasteiger partial charge in [-0.2, -0.15) is 0 Å². The summed E-state index contributed by atoms with van der Waals surface area (Å²) in [6.07, 6.45) is 8.31. The molecule has 0 radical (unpaired) electrons. The minimum Gasteiger partial charge on any atom is -0.326 e. The van der Waals surface area contributed by atoms with Crippen molar-refractivity contribution in [1.29, 1.82) is 0 Å². The Hall–Kier alpha value is -0.570. The summed E-state index contributed by atoms with van der Waals surface area (Å²) in [5.74, 6) is 0.369. The molecule has 2 rings (SSSR count). The average Bonchev–Trinajstić information content (AvgIpc) is 2.80. The van der Waals surface area contributed by atoms with Crippen molar-refractivity contribution in [3.8, 4) is 0 Å². The van der Waals surface area contributed by atoms with Crippen molar-refractivity contribution < 1.29 is 4.79 Å². The lowest BCUT2D eigenvalue weighted by Crippen LogP contribution is -2.44. The van der Waals surface area contributed by atoms with Crippen molar-refractivity contribution in [3.05, 3.63) is 0 Å². The van der Waals surface area contributed by atoms with Crippen LogP contribution in [0, 0.1) is 0 Å². The molecule has 1 spiro atoms. The lowest BCUT2D eigenvalue weighted by atomic mass is 9.98. The maximum atomic E-state index is 12.4. The van der Waals surface area contributed by atoms with E-state index in [4.69, 9.17) is 0 Å². The van der Waals surface area contributed by atoms with Crippen molar-refractivity contribution in [1.82, 2.24) is 10.2 Å². The molecule has 1 N–H and O–H groups in total. The fraction of sp³-hybridized carbons (Fsp3) is 0.923. The Morgan fingerprint density at radius 3 is 2.69 bits per heavy atom. The zero-order chi connectivity index (χ0) is 11.6. The molecule has 16 heavy (non-hydrogen) atoms. The standard InChI is InChI=1S/C13H24N2O/c1-3-4-7-10-15-11(2)14-13(12(15)16)8-5-6-9-13/h11,14H,3-10H2,1-2H3. The Balaban J connectivity index is 1.96. The van der Waals surface area contributed by atoms with Crippen molar-refractivity contribution in [2.24, 2.45) is 0 Å². The molecule has 1 aliphatic carbocycles. The predicted octanol–water partition coefficient (Wildman–Crippen LogP) is 2.27. The molecule has 0 aromatic rings. The van der Waals surface area contributed by atoms with Gasteiger partial charge < -0.3 is 4.90 Å². The van der Waals surface area contributed by atoms with Crippen LogP contribution in [0.2, 0.25) is 0 Å². The summed E-state index contributed by atoms with van der Waals surface area (Å²) < 4.78 is 0. The van der Waals surface area contributed by atoms with Gasteiger partial charge in [-0.05, 0) is 26.2 Å². The van der Waals surface area contributed by atoms with Crippen molar-refractivity contribution >= 4 is 5.91 Å². The van der Waals surface area contributed by atoms with E-state index in [1.54, 1.807) is 0 Å². The number of nitrogens with one attached hydrogen (secondary N) is 1. The zero-order valence-corrected chi connectivity index (χ0v) is 10.6. The van der Waals surface area contributed by atoms with E-state index in [0.717, 1.165) is 25.8 Å². The maximum Gasteiger partial charge on any atom is 0.244 e. The molecular formula is C13H24N2O. The fourth-order valence-electron chi connectivity index (χ4n) is 3.15. The summed E-state index contributed by atoms with van der Waals surface area (Å²) in [6.45, 7) is 5.26.